The van der Waals surface area contributed by atoms with Crippen LogP contribution in [-0.4, -0.2) is 30.1 Å². The Hall–Kier alpha value is -4.36. The zero-order chi connectivity index (χ0) is 22.0. The molecule has 0 spiro atoms. The van der Waals surface area contributed by atoms with Gasteiger partial charge >= 0.3 is 0 Å². The van der Waals surface area contributed by atoms with Crippen LogP contribution < -0.4 is 5.32 Å². The first-order chi connectivity index (χ1) is 16.3. The van der Waals surface area contributed by atoms with Crippen LogP contribution >= 0.6 is 0 Å². The van der Waals surface area contributed by atoms with Crippen LogP contribution in [0.15, 0.2) is 85.5 Å². The molecule has 160 valence electrons. The highest BCUT2D eigenvalue weighted by atomic mass is 15.1. The molecule has 0 fully saturated rings. The lowest BCUT2D eigenvalue weighted by molar-refractivity contribution is 0.691. The average molecular weight is 432 g/mol. The number of H-pyrrole nitrogens is 2. The third-order valence-electron chi connectivity index (χ3n) is 5.68. The maximum Gasteiger partial charge on any atom is 0.116 e. The summed E-state index contributed by atoms with van der Waals surface area (Å²) in [6.07, 6.45) is 7.35. The van der Waals surface area contributed by atoms with E-state index in [9.17, 15) is 0 Å². The topological polar surface area (TPSA) is 95.2 Å². The van der Waals surface area contributed by atoms with Crippen molar-refractivity contribution in [2.24, 2.45) is 0 Å². The normalized spacial score (nSPS) is 11.4. The Balaban J connectivity index is 1.28. The van der Waals surface area contributed by atoms with E-state index in [4.69, 9.17) is 0 Å². The van der Waals surface area contributed by atoms with Gasteiger partial charge in [-0.1, -0.05) is 30.3 Å². The number of hydrogen-bond acceptors (Lipinski definition) is 5. The van der Waals surface area contributed by atoms with Gasteiger partial charge in [0.2, 0.25) is 0 Å². The number of fused-ring (bicyclic) bond motifs is 2. The minimum absolute atomic E-state index is 0.733. The van der Waals surface area contributed by atoms with Crippen LogP contribution in [0.5, 0.6) is 0 Å². The van der Waals surface area contributed by atoms with Gasteiger partial charge in [-0.3, -0.25) is 20.1 Å². The molecule has 5 aromatic heterocycles. The van der Waals surface area contributed by atoms with Crippen LogP contribution in [0.25, 0.3) is 44.6 Å². The van der Waals surface area contributed by atoms with Gasteiger partial charge in [0.05, 0.1) is 34.1 Å². The van der Waals surface area contributed by atoms with Gasteiger partial charge in [-0.2, -0.15) is 5.10 Å². The number of nitrogens with zero attached hydrogens (tertiary/aromatic N) is 4. The second-order valence-electron chi connectivity index (χ2n) is 7.98. The van der Waals surface area contributed by atoms with Crippen molar-refractivity contribution >= 4 is 21.9 Å². The molecule has 0 unspecified atom stereocenters. The summed E-state index contributed by atoms with van der Waals surface area (Å²) in [7, 11) is 0. The van der Waals surface area contributed by atoms with E-state index in [1.165, 1.54) is 5.56 Å². The minimum atomic E-state index is 0.733. The van der Waals surface area contributed by atoms with Gasteiger partial charge in [0.1, 0.15) is 5.69 Å². The third kappa shape index (κ3) is 3.86. The van der Waals surface area contributed by atoms with Gasteiger partial charge in [-0.25, -0.2) is 0 Å². The monoisotopic (exact) mass is 431 g/mol. The van der Waals surface area contributed by atoms with Gasteiger partial charge in [0, 0.05) is 42.6 Å². The Bertz CT molecular complexity index is 1520. The van der Waals surface area contributed by atoms with Gasteiger partial charge in [0.25, 0.3) is 0 Å². The molecule has 6 rings (SSSR count). The highest BCUT2D eigenvalue weighted by Gasteiger charge is 2.13. The SMILES string of the molecule is c1ccc(CNCc2cncc(-c3cc4c(-c5cc6ncccc6[nH]5)n[nH]c4cn3)c2)cc1. The smallest absolute Gasteiger partial charge is 0.116 e. The molecule has 0 saturated carbocycles. The van der Waals surface area contributed by atoms with Gasteiger partial charge in [-0.05, 0) is 41.5 Å². The molecule has 33 heavy (non-hydrogen) atoms. The van der Waals surface area contributed by atoms with Crippen LogP contribution in [0.3, 0.4) is 0 Å². The summed E-state index contributed by atoms with van der Waals surface area (Å²) in [6, 6.07) is 20.5. The number of pyridine rings is 3. The molecule has 0 bridgehead atoms. The standard InChI is InChI=1S/C26H21N7/c1-2-5-17(6-3-1)12-27-13-18-9-19(15-28-14-18)22-10-20-25(16-30-22)32-33-26(20)24-11-23-21(31-24)7-4-8-29-23/h1-11,14-16,27,31H,12-13H2,(H,32,33). The Kier molecular flexibility index (Phi) is 4.86. The summed E-state index contributed by atoms with van der Waals surface area (Å²) in [5.74, 6) is 0. The number of aromatic nitrogens is 6. The molecule has 0 atom stereocenters. The maximum atomic E-state index is 4.64. The summed E-state index contributed by atoms with van der Waals surface area (Å²) >= 11 is 0. The van der Waals surface area contributed by atoms with Crippen LogP contribution in [-0.2, 0) is 13.1 Å². The van der Waals surface area contributed by atoms with Gasteiger partial charge in [0.15, 0.2) is 0 Å². The first kappa shape index (κ1) is 19.3. The Labute approximate surface area is 190 Å². The van der Waals surface area contributed by atoms with Crippen LogP contribution in [0, 0.1) is 0 Å². The fourth-order valence-electron chi connectivity index (χ4n) is 4.03. The van der Waals surface area contributed by atoms with E-state index in [0.29, 0.717) is 0 Å². The lowest BCUT2D eigenvalue weighted by Gasteiger charge is -2.07. The molecule has 0 saturated heterocycles. The van der Waals surface area contributed by atoms with Crippen molar-refractivity contribution in [1.29, 1.82) is 0 Å². The maximum absolute atomic E-state index is 4.64. The largest absolute Gasteiger partial charge is 0.352 e. The molecule has 0 aliphatic carbocycles. The highest BCUT2D eigenvalue weighted by Crippen LogP contribution is 2.30. The van der Waals surface area contributed by atoms with E-state index >= 15 is 0 Å². The molecule has 0 radical (unpaired) electrons. The third-order valence-corrected chi connectivity index (χ3v) is 5.68. The zero-order valence-electron chi connectivity index (χ0n) is 17.8. The quantitative estimate of drug-likeness (QED) is 0.350. The molecule has 0 aliphatic rings. The highest BCUT2D eigenvalue weighted by molar-refractivity contribution is 5.96. The second kappa shape index (κ2) is 8.29. The van der Waals surface area contributed by atoms with E-state index in [2.05, 4.69) is 71.8 Å². The van der Waals surface area contributed by atoms with Crippen molar-refractivity contribution in [3.63, 3.8) is 0 Å². The Morgan fingerprint density at radius 2 is 1.70 bits per heavy atom. The molecule has 7 heteroatoms. The van der Waals surface area contributed by atoms with E-state index in [1.807, 2.05) is 42.9 Å². The van der Waals surface area contributed by atoms with Gasteiger partial charge in [-0.15, -0.1) is 0 Å². The van der Waals surface area contributed by atoms with Crippen molar-refractivity contribution in [3.8, 4) is 22.6 Å². The fourth-order valence-corrected chi connectivity index (χ4v) is 4.03. The fraction of sp³-hybridized carbons (Fsp3) is 0.0769. The van der Waals surface area contributed by atoms with Crippen molar-refractivity contribution in [3.05, 3.63) is 96.6 Å². The molecule has 0 aliphatic heterocycles. The van der Waals surface area contributed by atoms with E-state index in [1.54, 1.807) is 6.20 Å². The lowest BCUT2D eigenvalue weighted by Crippen LogP contribution is -2.12. The molecule has 1 aromatic carbocycles. The summed E-state index contributed by atoms with van der Waals surface area (Å²) in [6.45, 7) is 1.55. The van der Waals surface area contributed by atoms with Crippen LogP contribution in [0.4, 0.5) is 0 Å². The molecule has 3 N–H and O–H groups in total. The number of aromatic amines is 2. The number of hydrogen-bond donors (Lipinski definition) is 3. The van der Waals surface area contributed by atoms with Crippen molar-refractivity contribution in [2.75, 3.05) is 0 Å². The summed E-state index contributed by atoms with van der Waals surface area (Å²) in [4.78, 5) is 16.9. The van der Waals surface area contributed by atoms with E-state index in [0.717, 1.165) is 63.2 Å². The first-order valence-electron chi connectivity index (χ1n) is 10.8. The van der Waals surface area contributed by atoms with E-state index < -0.39 is 0 Å². The second-order valence-corrected chi connectivity index (χ2v) is 7.98. The molecule has 0 amide bonds. The molecule has 5 heterocycles. The average Bonchev–Trinajstić information content (AvgIpc) is 3.48. The summed E-state index contributed by atoms with van der Waals surface area (Å²) in [5, 5.41) is 12.1. The Morgan fingerprint density at radius 1 is 0.788 bits per heavy atom. The summed E-state index contributed by atoms with van der Waals surface area (Å²) < 4.78 is 0. The van der Waals surface area contributed by atoms with Crippen molar-refractivity contribution in [1.82, 2.24) is 35.5 Å². The first-order valence-corrected chi connectivity index (χ1v) is 10.8. The molecular formula is C26H21N7. The summed E-state index contributed by atoms with van der Waals surface area (Å²) in [5.41, 5.74) is 8.75. The van der Waals surface area contributed by atoms with Gasteiger partial charge < -0.3 is 10.3 Å². The predicted octanol–water partition coefficient (Wildman–Crippen LogP) is 4.85. The molecular weight excluding hydrogens is 410 g/mol. The number of rotatable bonds is 6. The Morgan fingerprint density at radius 3 is 2.61 bits per heavy atom. The van der Waals surface area contributed by atoms with Crippen molar-refractivity contribution in [2.45, 2.75) is 13.1 Å². The van der Waals surface area contributed by atoms with Crippen LogP contribution in [0.1, 0.15) is 11.1 Å². The molecule has 6 aromatic rings. The van der Waals surface area contributed by atoms with Crippen LogP contribution in [0.2, 0.25) is 0 Å². The zero-order valence-corrected chi connectivity index (χ0v) is 17.8. The van der Waals surface area contributed by atoms with Crippen molar-refractivity contribution < 1.29 is 0 Å². The van der Waals surface area contributed by atoms with E-state index in [-0.39, 0.29) is 0 Å². The minimum Gasteiger partial charge on any atom is -0.352 e. The number of nitrogens with one attached hydrogen (secondary N) is 3. The predicted molar refractivity (Wildman–Crippen MR) is 129 cm³/mol. The lowest BCUT2D eigenvalue weighted by atomic mass is 10.1. The number of benzene rings is 1. The molecule has 7 nitrogen and oxygen atoms in total.